The van der Waals surface area contributed by atoms with Crippen molar-refractivity contribution in [3.05, 3.63) is 23.0 Å². The van der Waals surface area contributed by atoms with Gasteiger partial charge in [-0.2, -0.15) is 0 Å². The third-order valence-corrected chi connectivity index (χ3v) is 3.77. The molecule has 19 heavy (non-hydrogen) atoms. The highest BCUT2D eigenvalue weighted by Gasteiger charge is 2.19. The van der Waals surface area contributed by atoms with Crippen LogP contribution < -0.4 is 5.32 Å². The van der Waals surface area contributed by atoms with Gasteiger partial charge in [0.2, 0.25) is 0 Å². The highest BCUT2D eigenvalue weighted by atomic mass is 35.5. The Labute approximate surface area is 118 Å². The summed E-state index contributed by atoms with van der Waals surface area (Å²) in [5, 5.41) is 10.6. The van der Waals surface area contributed by atoms with E-state index < -0.39 is 0 Å². The molecule has 0 saturated carbocycles. The molecule has 2 rings (SSSR count). The lowest BCUT2D eigenvalue weighted by Crippen LogP contribution is -2.38. The van der Waals surface area contributed by atoms with E-state index in [-0.39, 0.29) is 5.91 Å². The van der Waals surface area contributed by atoms with Crippen LogP contribution in [0.3, 0.4) is 0 Å². The number of piperidine rings is 1. The van der Waals surface area contributed by atoms with Crippen LogP contribution in [0.1, 0.15) is 30.3 Å². The van der Waals surface area contributed by atoms with Gasteiger partial charge in [0.25, 0.3) is 5.91 Å². The van der Waals surface area contributed by atoms with Crippen LogP contribution in [0, 0.1) is 5.92 Å². The number of rotatable bonds is 4. The minimum atomic E-state index is -0.179. The highest BCUT2D eigenvalue weighted by Crippen LogP contribution is 2.15. The van der Waals surface area contributed by atoms with Gasteiger partial charge in [0.1, 0.15) is 0 Å². The Morgan fingerprint density at radius 3 is 2.74 bits per heavy atom. The van der Waals surface area contributed by atoms with Crippen LogP contribution in [-0.4, -0.2) is 47.2 Å². The molecule has 104 valence electrons. The number of carbonyl (C=O) groups is 1. The Balaban J connectivity index is 1.76. The third-order valence-electron chi connectivity index (χ3n) is 3.57. The van der Waals surface area contributed by atoms with E-state index in [0.717, 1.165) is 32.5 Å². The second-order valence-corrected chi connectivity index (χ2v) is 5.22. The van der Waals surface area contributed by atoms with Gasteiger partial charge in [-0.05, 0) is 50.5 Å². The second-order valence-electron chi connectivity index (χ2n) is 4.83. The molecule has 1 aliphatic heterocycles. The molecule has 1 fully saturated rings. The van der Waals surface area contributed by atoms with E-state index in [4.69, 9.17) is 11.6 Å². The molecule has 0 bridgehead atoms. The zero-order valence-corrected chi connectivity index (χ0v) is 11.9. The molecule has 0 unspecified atom stereocenters. The monoisotopic (exact) mass is 282 g/mol. The number of amides is 1. The molecule has 2 heterocycles. The standard InChI is InChI=1S/C13H19ClN4O/c1-2-18-7-5-10(6-8-18)9-15-13(19)11-3-4-12(14)17-16-11/h3-4,10H,2,5-9H2,1H3,(H,15,19). The fraction of sp³-hybridized carbons (Fsp3) is 0.615. The van der Waals surface area contributed by atoms with Crippen molar-refractivity contribution in [3.8, 4) is 0 Å². The van der Waals surface area contributed by atoms with Gasteiger partial charge < -0.3 is 10.2 Å². The number of likely N-dealkylation sites (tertiary alicyclic amines) is 1. The maximum Gasteiger partial charge on any atom is 0.271 e. The fourth-order valence-corrected chi connectivity index (χ4v) is 2.37. The minimum Gasteiger partial charge on any atom is -0.350 e. The number of aromatic nitrogens is 2. The van der Waals surface area contributed by atoms with E-state index in [1.54, 1.807) is 12.1 Å². The van der Waals surface area contributed by atoms with E-state index in [9.17, 15) is 4.79 Å². The van der Waals surface area contributed by atoms with Crippen LogP contribution in [0.5, 0.6) is 0 Å². The van der Waals surface area contributed by atoms with Crippen LogP contribution in [0.15, 0.2) is 12.1 Å². The average Bonchev–Trinajstić information content (AvgIpc) is 2.46. The van der Waals surface area contributed by atoms with Crippen molar-refractivity contribution in [3.63, 3.8) is 0 Å². The van der Waals surface area contributed by atoms with E-state index in [1.165, 1.54) is 0 Å². The Morgan fingerprint density at radius 1 is 1.42 bits per heavy atom. The molecule has 6 heteroatoms. The quantitative estimate of drug-likeness (QED) is 0.911. The lowest BCUT2D eigenvalue weighted by atomic mass is 9.97. The highest BCUT2D eigenvalue weighted by molar-refractivity contribution is 6.29. The smallest absolute Gasteiger partial charge is 0.271 e. The number of hydrogen-bond donors (Lipinski definition) is 1. The molecule has 0 aromatic carbocycles. The summed E-state index contributed by atoms with van der Waals surface area (Å²) in [4.78, 5) is 14.3. The SMILES string of the molecule is CCN1CCC(CNC(=O)c2ccc(Cl)nn2)CC1. The predicted molar refractivity (Wildman–Crippen MR) is 74.2 cm³/mol. The molecule has 1 aromatic rings. The number of nitrogens with one attached hydrogen (secondary N) is 1. The van der Waals surface area contributed by atoms with Gasteiger partial charge in [-0.15, -0.1) is 10.2 Å². The maximum absolute atomic E-state index is 11.9. The van der Waals surface area contributed by atoms with Crippen molar-refractivity contribution in [1.29, 1.82) is 0 Å². The van der Waals surface area contributed by atoms with Gasteiger partial charge >= 0.3 is 0 Å². The molecule has 1 saturated heterocycles. The van der Waals surface area contributed by atoms with Crippen LogP contribution in [-0.2, 0) is 0 Å². The van der Waals surface area contributed by atoms with Crippen LogP contribution >= 0.6 is 11.6 Å². The summed E-state index contributed by atoms with van der Waals surface area (Å²) in [6, 6.07) is 3.16. The Bertz CT molecular complexity index is 415. The topological polar surface area (TPSA) is 58.1 Å². The van der Waals surface area contributed by atoms with Gasteiger partial charge in [-0.3, -0.25) is 4.79 Å². The Hall–Kier alpha value is -1.20. The first-order valence-electron chi connectivity index (χ1n) is 6.69. The lowest BCUT2D eigenvalue weighted by molar-refractivity contribution is 0.0931. The zero-order chi connectivity index (χ0) is 13.7. The van der Waals surface area contributed by atoms with E-state index in [1.807, 2.05) is 0 Å². The summed E-state index contributed by atoms with van der Waals surface area (Å²) < 4.78 is 0. The summed E-state index contributed by atoms with van der Waals surface area (Å²) in [6.07, 6.45) is 2.28. The van der Waals surface area contributed by atoms with Crippen molar-refractivity contribution >= 4 is 17.5 Å². The normalized spacial score (nSPS) is 17.4. The molecule has 0 spiro atoms. The van der Waals surface area contributed by atoms with Crippen molar-refractivity contribution in [2.24, 2.45) is 5.92 Å². The van der Waals surface area contributed by atoms with Gasteiger partial charge in [0.15, 0.2) is 10.8 Å². The molecule has 0 aliphatic carbocycles. The van der Waals surface area contributed by atoms with Crippen LogP contribution in [0.2, 0.25) is 5.15 Å². The molecule has 0 radical (unpaired) electrons. The first-order chi connectivity index (χ1) is 9.19. The largest absolute Gasteiger partial charge is 0.350 e. The van der Waals surface area contributed by atoms with Crippen molar-refractivity contribution in [2.75, 3.05) is 26.2 Å². The lowest BCUT2D eigenvalue weighted by Gasteiger charge is -2.30. The molecule has 1 aliphatic rings. The first kappa shape index (κ1) is 14.2. The summed E-state index contributed by atoms with van der Waals surface area (Å²) in [6.45, 7) is 6.25. The van der Waals surface area contributed by atoms with E-state index in [0.29, 0.717) is 23.3 Å². The third kappa shape index (κ3) is 4.14. The summed E-state index contributed by atoms with van der Waals surface area (Å²) >= 11 is 5.63. The molecule has 0 atom stereocenters. The summed E-state index contributed by atoms with van der Waals surface area (Å²) in [7, 11) is 0. The van der Waals surface area contributed by atoms with Crippen molar-refractivity contribution in [1.82, 2.24) is 20.4 Å². The number of hydrogen-bond acceptors (Lipinski definition) is 4. The molecule has 1 aromatic heterocycles. The zero-order valence-electron chi connectivity index (χ0n) is 11.1. The Kier molecular flexibility index (Phi) is 5.10. The average molecular weight is 283 g/mol. The van der Waals surface area contributed by atoms with Gasteiger partial charge in [0, 0.05) is 6.54 Å². The number of halogens is 1. The molecule has 1 amide bonds. The van der Waals surface area contributed by atoms with Crippen molar-refractivity contribution < 1.29 is 4.79 Å². The Morgan fingerprint density at radius 2 is 2.16 bits per heavy atom. The predicted octanol–water partition coefficient (Wildman–Crippen LogP) is 1.59. The maximum atomic E-state index is 11.9. The molecule has 1 N–H and O–H groups in total. The first-order valence-corrected chi connectivity index (χ1v) is 7.06. The van der Waals surface area contributed by atoms with Gasteiger partial charge in [-0.1, -0.05) is 18.5 Å². The van der Waals surface area contributed by atoms with Crippen molar-refractivity contribution in [2.45, 2.75) is 19.8 Å². The molecular weight excluding hydrogens is 264 g/mol. The molecular formula is C13H19ClN4O. The summed E-state index contributed by atoms with van der Waals surface area (Å²) in [5.41, 5.74) is 0.315. The van der Waals surface area contributed by atoms with Gasteiger partial charge in [0.05, 0.1) is 0 Å². The van der Waals surface area contributed by atoms with Crippen LogP contribution in [0.25, 0.3) is 0 Å². The number of carbonyl (C=O) groups excluding carboxylic acids is 1. The minimum absolute atomic E-state index is 0.179. The van der Waals surface area contributed by atoms with Crippen LogP contribution in [0.4, 0.5) is 0 Å². The number of nitrogens with zero attached hydrogens (tertiary/aromatic N) is 3. The second kappa shape index (κ2) is 6.82. The van der Waals surface area contributed by atoms with Gasteiger partial charge in [-0.25, -0.2) is 0 Å². The molecule has 5 nitrogen and oxygen atoms in total. The van der Waals surface area contributed by atoms with E-state index in [2.05, 4.69) is 27.3 Å². The van der Waals surface area contributed by atoms with E-state index >= 15 is 0 Å². The summed E-state index contributed by atoms with van der Waals surface area (Å²) in [5.74, 6) is 0.383. The fourth-order valence-electron chi connectivity index (χ4n) is 2.27.